The van der Waals surface area contributed by atoms with Gasteiger partial charge in [-0.1, -0.05) is 32.4 Å². The highest BCUT2D eigenvalue weighted by Crippen LogP contribution is 2.33. The van der Waals surface area contributed by atoms with Crippen LogP contribution in [-0.4, -0.2) is 19.0 Å². The summed E-state index contributed by atoms with van der Waals surface area (Å²) in [4.78, 5) is 0. The van der Waals surface area contributed by atoms with E-state index < -0.39 is 11.7 Å². The molecule has 0 aromatic heterocycles. The molecule has 3 atom stereocenters. The summed E-state index contributed by atoms with van der Waals surface area (Å²) in [6.45, 7) is 4.84. The second-order valence-corrected chi connectivity index (χ2v) is 6.10. The maximum atomic E-state index is 12.7. The molecular formula is C18H25F3O2. The van der Waals surface area contributed by atoms with Crippen molar-refractivity contribution in [1.29, 1.82) is 0 Å². The second kappa shape index (κ2) is 8.15. The Morgan fingerprint density at radius 1 is 1.17 bits per heavy atom. The van der Waals surface area contributed by atoms with E-state index in [2.05, 4.69) is 13.8 Å². The molecule has 0 bridgehead atoms. The first-order chi connectivity index (χ1) is 10.9. The molecule has 1 aliphatic rings. The van der Waals surface area contributed by atoms with E-state index in [0.717, 1.165) is 37.7 Å². The van der Waals surface area contributed by atoms with Gasteiger partial charge >= 0.3 is 6.18 Å². The number of benzene rings is 1. The monoisotopic (exact) mass is 330 g/mol. The van der Waals surface area contributed by atoms with Crippen LogP contribution in [0.2, 0.25) is 0 Å². The summed E-state index contributed by atoms with van der Waals surface area (Å²) >= 11 is 0. The van der Waals surface area contributed by atoms with Crippen molar-refractivity contribution in [3.63, 3.8) is 0 Å². The number of rotatable bonds is 6. The summed E-state index contributed by atoms with van der Waals surface area (Å²) in [6, 6.07) is 5.53. The Morgan fingerprint density at radius 3 is 2.43 bits per heavy atom. The average molecular weight is 330 g/mol. The van der Waals surface area contributed by atoms with Crippen LogP contribution in [0.3, 0.4) is 0 Å². The van der Waals surface area contributed by atoms with E-state index in [1.165, 1.54) is 12.1 Å². The summed E-state index contributed by atoms with van der Waals surface area (Å²) in [5, 5.41) is 0. The van der Waals surface area contributed by atoms with Crippen molar-refractivity contribution in [3.8, 4) is 0 Å². The SMILES string of the molecule is CCCC1OCCC(CC(CC)c2ccc(C(F)(F)F)cc2)O1. The van der Waals surface area contributed by atoms with Gasteiger partial charge in [-0.05, 0) is 49.3 Å². The standard InChI is InChI=1S/C18H25F3O2/c1-3-5-17-22-11-10-16(23-17)12-13(4-2)14-6-8-15(9-7-14)18(19,20)21/h6-9,13,16-17H,3-5,10-12H2,1-2H3. The summed E-state index contributed by atoms with van der Waals surface area (Å²) in [7, 11) is 0. The molecule has 1 fully saturated rings. The fourth-order valence-corrected chi connectivity index (χ4v) is 3.01. The third-order valence-electron chi connectivity index (χ3n) is 4.36. The third kappa shape index (κ3) is 5.21. The van der Waals surface area contributed by atoms with Crippen molar-refractivity contribution in [3.05, 3.63) is 35.4 Å². The van der Waals surface area contributed by atoms with E-state index in [-0.39, 0.29) is 18.3 Å². The lowest BCUT2D eigenvalue weighted by Gasteiger charge is -2.32. The van der Waals surface area contributed by atoms with Crippen LogP contribution in [0.25, 0.3) is 0 Å². The highest BCUT2D eigenvalue weighted by atomic mass is 19.4. The summed E-state index contributed by atoms with van der Waals surface area (Å²) in [5.41, 5.74) is 0.351. The molecule has 1 heterocycles. The van der Waals surface area contributed by atoms with Gasteiger partial charge in [-0.15, -0.1) is 0 Å². The van der Waals surface area contributed by atoms with Crippen LogP contribution >= 0.6 is 0 Å². The number of hydrogen-bond acceptors (Lipinski definition) is 2. The zero-order valence-corrected chi connectivity index (χ0v) is 13.7. The van der Waals surface area contributed by atoms with Gasteiger partial charge < -0.3 is 9.47 Å². The van der Waals surface area contributed by atoms with Crippen LogP contribution in [0, 0.1) is 0 Å². The number of hydrogen-bond donors (Lipinski definition) is 0. The van der Waals surface area contributed by atoms with Crippen LogP contribution in [0.4, 0.5) is 13.2 Å². The van der Waals surface area contributed by atoms with Crippen LogP contribution < -0.4 is 0 Å². The molecule has 1 aliphatic heterocycles. The van der Waals surface area contributed by atoms with Gasteiger partial charge in [0.25, 0.3) is 0 Å². The van der Waals surface area contributed by atoms with E-state index in [1.807, 2.05) is 0 Å². The van der Waals surface area contributed by atoms with E-state index in [0.29, 0.717) is 6.61 Å². The van der Waals surface area contributed by atoms with Crippen molar-refractivity contribution in [2.75, 3.05) is 6.61 Å². The minimum Gasteiger partial charge on any atom is -0.353 e. The van der Waals surface area contributed by atoms with E-state index in [1.54, 1.807) is 12.1 Å². The molecule has 0 aliphatic carbocycles. The molecule has 3 unspecified atom stereocenters. The van der Waals surface area contributed by atoms with Crippen LogP contribution in [0.1, 0.15) is 63.0 Å². The number of ether oxygens (including phenoxy) is 2. The molecule has 0 amide bonds. The highest BCUT2D eigenvalue weighted by Gasteiger charge is 2.30. The summed E-state index contributed by atoms with van der Waals surface area (Å²) in [5.74, 6) is 0.211. The minimum absolute atomic E-state index is 0.118. The molecule has 2 rings (SSSR count). The zero-order chi connectivity index (χ0) is 16.9. The first-order valence-corrected chi connectivity index (χ1v) is 8.38. The Bertz CT molecular complexity index is 468. The predicted molar refractivity (Wildman–Crippen MR) is 83.2 cm³/mol. The Labute approximate surface area is 136 Å². The molecule has 5 heteroatoms. The Balaban J connectivity index is 1.99. The van der Waals surface area contributed by atoms with Gasteiger partial charge in [0.05, 0.1) is 18.3 Å². The Hall–Kier alpha value is -1.07. The molecule has 0 spiro atoms. The molecule has 0 saturated carbocycles. The normalized spacial score (nSPS) is 23.7. The van der Waals surface area contributed by atoms with Crippen molar-refractivity contribution in [1.82, 2.24) is 0 Å². The van der Waals surface area contributed by atoms with Gasteiger partial charge in [0.2, 0.25) is 0 Å². The summed E-state index contributed by atoms with van der Waals surface area (Å²) < 4.78 is 49.5. The van der Waals surface area contributed by atoms with Crippen LogP contribution in [0.5, 0.6) is 0 Å². The van der Waals surface area contributed by atoms with E-state index >= 15 is 0 Å². The third-order valence-corrected chi connectivity index (χ3v) is 4.36. The molecule has 23 heavy (non-hydrogen) atoms. The van der Waals surface area contributed by atoms with Gasteiger partial charge in [-0.3, -0.25) is 0 Å². The summed E-state index contributed by atoms with van der Waals surface area (Å²) in [6.07, 6.45) is 0.141. The smallest absolute Gasteiger partial charge is 0.353 e. The maximum absolute atomic E-state index is 12.7. The fraction of sp³-hybridized carbons (Fsp3) is 0.667. The number of halogens is 3. The van der Waals surface area contributed by atoms with Crippen LogP contribution in [-0.2, 0) is 15.7 Å². The molecule has 1 saturated heterocycles. The van der Waals surface area contributed by atoms with Gasteiger partial charge in [0.1, 0.15) is 0 Å². The topological polar surface area (TPSA) is 18.5 Å². The zero-order valence-electron chi connectivity index (χ0n) is 13.7. The fourth-order valence-electron chi connectivity index (χ4n) is 3.01. The molecule has 0 N–H and O–H groups in total. The van der Waals surface area contributed by atoms with Crippen molar-refractivity contribution in [2.24, 2.45) is 0 Å². The van der Waals surface area contributed by atoms with E-state index in [4.69, 9.17) is 9.47 Å². The number of alkyl halides is 3. The largest absolute Gasteiger partial charge is 0.416 e. The molecule has 2 nitrogen and oxygen atoms in total. The lowest BCUT2D eigenvalue weighted by atomic mass is 9.89. The Morgan fingerprint density at radius 2 is 1.87 bits per heavy atom. The molecule has 0 radical (unpaired) electrons. The van der Waals surface area contributed by atoms with Crippen molar-refractivity contribution in [2.45, 2.75) is 70.4 Å². The first kappa shape index (κ1) is 18.3. The quantitative estimate of drug-likeness (QED) is 0.683. The molecule has 1 aromatic carbocycles. The van der Waals surface area contributed by atoms with Crippen molar-refractivity contribution >= 4 is 0 Å². The molecular weight excluding hydrogens is 305 g/mol. The van der Waals surface area contributed by atoms with Gasteiger partial charge in [-0.25, -0.2) is 0 Å². The van der Waals surface area contributed by atoms with E-state index in [9.17, 15) is 13.2 Å². The first-order valence-electron chi connectivity index (χ1n) is 8.38. The molecule has 1 aromatic rings. The minimum atomic E-state index is -4.28. The maximum Gasteiger partial charge on any atom is 0.416 e. The van der Waals surface area contributed by atoms with Gasteiger partial charge in [0, 0.05) is 0 Å². The molecule has 130 valence electrons. The van der Waals surface area contributed by atoms with Crippen molar-refractivity contribution < 1.29 is 22.6 Å². The van der Waals surface area contributed by atoms with Gasteiger partial charge in [0.15, 0.2) is 6.29 Å². The van der Waals surface area contributed by atoms with Crippen LogP contribution in [0.15, 0.2) is 24.3 Å². The lowest BCUT2D eigenvalue weighted by molar-refractivity contribution is -0.216. The lowest BCUT2D eigenvalue weighted by Crippen LogP contribution is -2.33. The van der Waals surface area contributed by atoms with Gasteiger partial charge in [-0.2, -0.15) is 13.2 Å². The second-order valence-electron chi connectivity index (χ2n) is 6.10. The predicted octanol–water partition coefficient (Wildman–Crippen LogP) is 5.52. The highest BCUT2D eigenvalue weighted by molar-refractivity contribution is 5.27. The Kier molecular flexibility index (Phi) is 6.48. The average Bonchev–Trinajstić information content (AvgIpc) is 2.53.